The Bertz CT molecular complexity index is 601. The number of aliphatic carboxylic acids is 1. The molecule has 1 aliphatic heterocycles. The normalized spacial score (nSPS) is 17.9. The molecule has 21 heavy (non-hydrogen) atoms. The van der Waals surface area contributed by atoms with Crippen LogP contribution in [-0.2, 0) is 14.3 Å². The lowest BCUT2D eigenvalue weighted by atomic mass is 10.1. The fourth-order valence-corrected chi connectivity index (χ4v) is 2.36. The maximum absolute atomic E-state index is 11.9. The zero-order chi connectivity index (χ0) is 15.6. The summed E-state index contributed by atoms with van der Waals surface area (Å²) in [4.78, 5) is 36.0. The first kappa shape index (κ1) is 15.3. The third kappa shape index (κ3) is 3.16. The number of ether oxygens (including phenoxy) is 1. The van der Waals surface area contributed by atoms with E-state index in [1.807, 2.05) is 0 Å². The third-order valence-corrected chi connectivity index (χ3v) is 3.56. The number of hydrogen-bond acceptors (Lipinski definition) is 4. The molecule has 0 bridgehead atoms. The summed E-state index contributed by atoms with van der Waals surface area (Å²) < 4.78 is 4.89. The highest BCUT2D eigenvalue weighted by Crippen LogP contribution is 2.29. The minimum Gasteiger partial charge on any atom is -0.481 e. The van der Waals surface area contributed by atoms with Crippen LogP contribution in [0.4, 0.5) is 5.69 Å². The SMILES string of the molecule is CCOC(=O)c1cc(N2CC(C(=O)O)CC2=O)ccc1Cl. The molecule has 0 aromatic heterocycles. The van der Waals surface area contributed by atoms with Crippen molar-refractivity contribution in [1.29, 1.82) is 0 Å². The van der Waals surface area contributed by atoms with Gasteiger partial charge in [-0.05, 0) is 25.1 Å². The van der Waals surface area contributed by atoms with E-state index in [-0.39, 0.29) is 36.1 Å². The lowest BCUT2D eigenvalue weighted by Crippen LogP contribution is -2.26. The smallest absolute Gasteiger partial charge is 0.339 e. The van der Waals surface area contributed by atoms with Gasteiger partial charge in [0, 0.05) is 18.7 Å². The van der Waals surface area contributed by atoms with Gasteiger partial charge in [-0.25, -0.2) is 4.79 Å². The van der Waals surface area contributed by atoms with Gasteiger partial charge < -0.3 is 14.7 Å². The molecule has 6 nitrogen and oxygen atoms in total. The number of benzene rings is 1. The highest BCUT2D eigenvalue weighted by molar-refractivity contribution is 6.33. The molecule has 1 amide bonds. The Labute approximate surface area is 126 Å². The molecule has 7 heteroatoms. The molecule has 1 N–H and O–H groups in total. The Morgan fingerprint density at radius 1 is 1.48 bits per heavy atom. The average Bonchev–Trinajstić information content (AvgIpc) is 2.82. The minimum absolute atomic E-state index is 0.0489. The van der Waals surface area contributed by atoms with Crippen molar-refractivity contribution < 1.29 is 24.2 Å². The van der Waals surface area contributed by atoms with Crippen LogP contribution in [0.3, 0.4) is 0 Å². The number of anilines is 1. The van der Waals surface area contributed by atoms with Crippen molar-refractivity contribution in [1.82, 2.24) is 0 Å². The molecule has 1 aliphatic rings. The summed E-state index contributed by atoms with van der Waals surface area (Å²) in [5.41, 5.74) is 0.596. The third-order valence-electron chi connectivity index (χ3n) is 3.23. The predicted molar refractivity (Wildman–Crippen MR) is 75.5 cm³/mol. The molecule has 1 aromatic rings. The second-order valence-corrected chi connectivity index (χ2v) is 5.04. The van der Waals surface area contributed by atoms with E-state index in [4.69, 9.17) is 21.4 Å². The van der Waals surface area contributed by atoms with Crippen LogP contribution in [-0.4, -0.2) is 36.1 Å². The van der Waals surface area contributed by atoms with E-state index in [0.717, 1.165) is 0 Å². The van der Waals surface area contributed by atoms with Crippen molar-refractivity contribution in [2.24, 2.45) is 5.92 Å². The summed E-state index contributed by atoms with van der Waals surface area (Å²) in [6, 6.07) is 4.51. The predicted octanol–water partition coefficient (Wildman–Crippen LogP) is 1.95. The van der Waals surface area contributed by atoms with Crippen LogP contribution in [0.5, 0.6) is 0 Å². The Hall–Kier alpha value is -2.08. The van der Waals surface area contributed by atoms with E-state index in [9.17, 15) is 14.4 Å². The first-order chi connectivity index (χ1) is 9.93. The molecule has 1 heterocycles. The largest absolute Gasteiger partial charge is 0.481 e. The van der Waals surface area contributed by atoms with Crippen molar-refractivity contribution in [2.45, 2.75) is 13.3 Å². The molecule has 0 spiro atoms. The second kappa shape index (κ2) is 6.13. The van der Waals surface area contributed by atoms with E-state index in [1.165, 1.54) is 17.0 Å². The standard InChI is InChI=1S/C14H14ClNO5/c1-2-21-14(20)10-6-9(3-4-11(10)15)16-7-8(13(18)19)5-12(16)17/h3-4,6,8H,2,5,7H2,1H3,(H,18,19). The van der Waals surface area contributed by atoms with Crippen molar-refractivity contribution in [3.63, 3.8) is 0 Å². The van der Waals surface area contributed by atoms with Crippen LogP contribution in [0.15, 0.2) is 18.2 Å². The number of carboxylic acids is 1. The fraction of sp³-hybridized carbons (Fsp3) is 0.357. The molecule has 1 fully saturated rings. The molecule has 112 valence electrons. The van der Waals surface area contributed by atoms with Crippen LogP contribution in [0.1, 0.15) is 23.7 Å². The van der Waals surface area contributed by atoms with Gasteiger partial charge in [0.05, 0.1) is 23.1 Å². The molecule has 1 saturated heterocycles. The maximum Gasteiger partial charge on any atom is 0.339 e. The topological polar surface area (TPSA) is 83.9 Å². The number of amides is 1. The summed E-state index contributed by atoms with van der Waals surface area (Å²) in [6.45, 7) is 1.97. The van der Waals surface area contributed by atoms with E-state index in [1.54, 1.807) is 13.0 Å². The number of esters is 1. The Morgan fingerprint density at radius 3 is 2.76 bits per heavy atom. The van der Waals surface area contributed by atoms with Gasteiger partial charge in [-0.15, -0.1) is 0 Å². The van der Waals surface area contributed by atoms with Crippen molar-refractivity contribution in [2.75, 3.05) is 18.1 Å². The van der Waals surface area contributed by atoms with Gasteiger partial charge in [0.2, 0.25) is 5.91 Å². The van der Waals surface area contributed by atoms with Gasteiger partial charge in [0.1, 0.15) is 0 Å². The molecule has 1 atom stereocenters. The first-order valence-corrected chi connectivity index (χ1v) is 6.81. The van der Waals surface area contributed by atoms with Crippen LogP contribution >= 0.6 is 11.6 Å². The minimum atomic E-state index is -1.01. The Balaban J connectivity index is 2.29. The number of nitrogens with zero attached hydrogens (tertiary/aromatic N) is 1. The number of carboxylic acid groups (broad SMARTS) is 1. The highest BCUT2D eigenvalue weighted by Gasteiger charge is 2.35. The van der Waals surface area contributed by atoms with Crippen LogP contribution in [0.25, 0.3) is 0 Å². The molecule has 0 saturated carbocycles. The van der Waals surface area contributed by atoms with E-state index >= 15 is 0 Å². The molecule has 2 rings (SSSR count). The van der Waals surface area contributed by atoms with E-state index < -0.39 is 17.9 Å². The Kier molecular flexibility index (Phi) is 4.47. The average molecular weight is 312 g/mol. The van der Waals surface area contributed by atoms with Crippen molar-refractivity contribution in [3.05, 3.63) is 28.8 Å². The lowest BCUT2D eigenvalue weighted by molar-refractivity contribution is -0.141. The van der Waals surface area contributed by atoms with Gasteiger partial charge in [-0.2, -0.15) is 0 Å². The van der Waals surface area contributed by atoms with Gasteiger partial charge in [-0.1, -0.05) is 11.6 Å². The summed E-state index contributed by atoms with van der Waals surface area (Å²) in [7, 11) is 0. The molecule has 1 unspecified atom stereocenters. The number of carbonyl (C=O) groups is 3. The second-order valence-electron chi connectivity index (χ2n) is 4.63. The molecular formula is C14H14ClNO5. The number of halogens is 1. The fourth-order valence-electron chi connectivity index (χ4n) is 2.17. The van der Waals surface area contributed by atoms with Crippen molar-refractivity contribution in [3.8, 4) is 0 Å². The zero-order valence-electron chi connectivity index (χ0n) is 11.3. The van der Waals surface area contributed by atoms with Gasteiger partial charge in [0.25, 0.3) is 0 Å². The van der Waals surface area contributed by atoms with Gasteiger partial charge >= 0.3 is 11.9 Å². The molecular weight excluding hydrogens is 298 g/mol. The summed E-state index contributed by atoms with van der Waals surface area (Å²) in [5, 5.41) is 9.20. The first-order valence-electron chi connectivity index (χ1n) is 6.44. The Morgan fingerprint density at radius 2 is 2.19 bits per heavy atom. The summed E-state index contributed by atoms with van der Waals surface area (Å²) >= 11 is 5.95. The molecule has 0 aliphatic carbocycles. The van der Waals surface area contributed by atoms with E-state index in [0.29, 0.717) is 5.69 Å². The van der Waals surface area contributed by atoms with Gasteiger partial charge in [0.15, 0.2) is 0 Å². The summed E-state index contributed by atoms with van der Waals surface area (Å²) in [5.74, 6) is -2.62. The zero-order valence-corrected chi connectivity index (χ0v) is 12.1. The van der Waals surface area contributed by atoms with Crippen LogP contribution < -0.4 is 4.90 Å². The van der Waals surface area contributed by atoms with Crippen LogP contribution in [0.2, 0.25) is 5.02 Å². The molecule has 1 aromatic carbocycles. The monoisotopic (exact) mass is 311 g/mol. The quantitative estimate of drug-likeness (QED) is 0.859. The molecule has 0 radical (unpaired) electrons. The highest BCUT2D eigenvalue weighted by atomic mass is 35.5. The van der Waals surface area contributed by atoms with Gasteiger partial charge in [-0.3, -0.25) is 9.59 Å². The van der Waals surface area contributed by atoms with E-state index in [2.05, 4.69) is 0 Å². The number of hydrogen-bond donors (Lipinski definition) is 1. The van der Waals surface area contributed by atoms with Crippen molar-refractivity contribution >= 4 is 35.1 Å². The summed E-state index contributed by atoms with van der Waals surface area (Å²) in [6.07, 6.45) is -0.0489. The maximum atomic E-state index is 11.9. The number of rotatable bonds is 4. The lowest BCUT2D eigenvalue weighted by Gasteiger charge is -2.17. The van der Waals surface area contributed by atoms with Crippen LogP contribution in [0, 0.1) is 5.92 Å². The number of carbonyl (C=O) groups excluding carboxylic acids is 2.